The molecule has 2 heterocycles. The van der Waals surface area contributed by atoms with Crippen LogP contribution < -0.4 is 4.90 Å². The largest absolute Gasteiger partial charge is 0.356 e. The first-order chi connectivity index (χ1) is 8.76. The van der Waals surface area contributed by atoms with Gasteiger partial charge in [0.2, 0.25) is 0 Å². The second kappa shape index (κ2) is 4.87. The van der Waals surface area contributed by atoms with Crippen molar-refractivity contribution in [1.29, 1.82) is 0 Å². The zero-order valence-electron chi connectivity index (χ0n) is 11.5. The van der Waals surface area contributed by atoms with E-state index in [0.29, 0.717) is 5.92 Å². The molecule has 1 aromatic rings. The van der Waals surface area contributed by atoms with E-state index in [0.717, 1.165) is 31.3 Å². The molecule has 18 heavy (non-hydrogen) atoms. The third-order valence-corrected chi connectivity index (χ3v) is 4.07. The van der Waals surface area contributed by atoms with Crippen LogP contribution in [0.4, 0.5) is 5.82 Å². The van der Waals surface area contributed by atoms with Crippen molar-refractivity contribution in [2.24, 2.45) is 5.92 Å². The smallest absolute Gasteiger partial charge is 0.134 e. The topological polar surface area (TPSA) is 29.0 Å². The summed E-state index contributed by atoms with van der Waals surface area (Å²) >= 11 is 0. The Hall–Kier alpha value is -1.12. The summed E-state index contributed by atoms with van der Waals surface area (Å²) in [6, 6.07) is 2.20. The average Bonchev–Trinajstić information content (AvgIpc) is 3.22. The maximum Gasteiger partial charge on any atom is 0.134 e. The van der Waals surface area contributed by atoms with Gasteiger partial charge in [-0.2, -0.15) is 0 Å². The summed E-state index contributed by atoms with van der Waals surface area (Å²) in [5, 5.41) is 0. The molecular weight excluding hydrogens is 222 g/mol. The van der Waals surface area contributed by atoms with Crippen LogP contribution in [0.25, 0.3) is 0 Å². The molecule has 1 unspecified atom stereocenters. The first-order valence-corrected chi connectivity index (χ1v) is 7.39. The van der Waals surface area contributed by atoms with Gasteiger partial charge in [-0.1, -0.05) is 13.8 Å². The molecule has 98 valence electrons. The van der Waals surface area contributed by atoms with E-state index in [4.69, 9.17) is 4.98 Å². The zero-order valence-corrected chi connectivity index (χ0v) is 11.5. The van der Waals surface area contributed by atoms with Crippen molar-refractivity contribution in [3.8, 4) is 0 Å². The van der Waals surface area contributed by atoms with Gasteiger partial charge >= 0.3 is 0 Å². The van der Waals surface area contributed by atoms with E-state index >= 15 is 0 Å². The van der Waals surface area contributed by atoms with Crippen LogP contribution in [0.1, 0.15) is 57.0 Å². The fraction of sp³-hybridized carbons (Fsp3) is 0.733. The van der Waals surface area contributed by atoms with Crippen molar-refractivity contribution in [2.75, 3.05) is 18.0 Å². The molecule has 1 saturated heterocycles. The number of anilines is 1. The molecule has 3 rings (SSSR count). The van der Waals surface area contributed by atoms with Gasteiger partial charge in [-0.05, 0) is 38.0 Å². The van der Waals surface area contributed by atoms with Crippen LogP contribution in [0.5, 0.6) is 0 Å². The monoisotopic (exact) mass is 245 g/mol. The standard InChI is InChI=1S/C15H23N3/c1-3-13-9-14(17-15(16-13)12-6-7-12)18-8-4-5-11(2)10-18/h9,11-12H,3-8,10H2,1-2H3. The van der Waals surface area contributed by atoms with Crippen LogP contribution in [0.3, 0.4) is 0 Å². The fourth-order valence-corrected chi connectivity index (χ4v) is 2.77. The summed E-state index contributed by atoms with van der Waals surface area (Å²) in [5.41, 5.74) is 1.21. The van der Waals surface area contributed by atoms with Crippen LogP contribution in [-0.2, 0) is 6.42 Å². The number of aromatic nitrogens is 2. The lowest BCUT2D eigenvalue weighted by Crippen LogP contribution is -2.35. The van der Waals surface area contributed by atoms with E-state index in [2.05, 4.69) is 29.8 Å². The second-order valence-electron chi connectivity index (χ2n) is 5.90. The Morgan fingerprint density at radius 3 is 2.78 bits per heavy atom. The van der Waals surface area contributed by atoms with E-state index in [1.54, 1.807) is 0 Å². The predicted molar refractivity (Wildman–Crippen MR) is 74.0 cm³/mol. The van der Waals surface area contributed by atoms with Gasteiger partial charge in [0, 0.05) is 30.8 Å². The number of piperidine rings is 1. The molecule has 1 aliphatic heterocycles. The summed E-state index contributed by atoms with van der Waals surface area (Å²) in [4.78, 5) is 12.0. The first-order valence-electron chi connectivity index (χ1n) is 7.39. The minimum Gasteiger partial charge on any atom is -0.356 e. The Balaban J connectivity index is 1.87. The molecule has 3 heteroatoms. The summed E-state index contributed by atoms with van der Waals surface area (Å²) in [7, 11) is 0. The normalized spacial score (nSPS) is 24.3. The third-order valence-electron chi connectivity index (χ3n) is 4.07. The van der Waals surface area contributed by atoms with Crippen molar-refractivity contribution in [3.05, 3.63) is 17.6 Å². The maximum absolute atomic E-state index is 4.82. The highest BCUT2D eigenvalue weighted by Gasteiger charge is 2.28. The summed E-state index contributed by atoms with van der Waals surface area (Å²) in [5.74, 6) is 3.72. The van der Waals surface area contributed by atoms with Crippen molar-refractivity contribution in [1.82, 2.24) is 9.97 Å². The van der Waals surface area contributed by atoms with Crippen molar-refractivity contribution >= 4 is 5.82 Å². The second-order valence-corrected chi connectivity index (χ2v) is 5.90. The lowest BCUT2D eigenvalue weighted by molar-refractivity contribution is 0.444. The van der Waals surface area contributed by atoms with E-state index < -0.39 is 0 Å². The molecule has 3 nitrogen and oxygen atoms in total. The van der Waals surface area contributed by atoms with Crippen molar-refractivity contribution in [3.63, 3.8) is 0 Å². The van der Waals surface area contributed by atoms with Crippen LogP contribution in [0.15, 0.2) is 6.07 Å². The first kappa shape index (κ1) is 11.9. The molecule has 2 fully saturated rings. The molecule has 0 N–H and O–H groups in total. The van der Waals surface area contributed by atoms with Crippen LogP contribution >= 0.6 is 0 Å². The van der Waals surface area contributed by atoms with E-state index in [-0.39, 0.29) is 0 Å². The van der Waals surface area contributed by atoms with E-state index in [1.165, 1.54) is 37.2 Å². The summed E-state index contributed by atoms with van der Waals surface area (Å²) < 4.78 is 0. The van der Waals surface area contributed by atoms with Gasteiger partial charge in [0.05, 0.1) is 0 Å². The van der Waals surface area contributed by atoms with Crippen LogP contribution in [-0.4, -0.2) is 23.1 Å². The van der Waals surface area contributed by atoms with Gasteiger partial charge in [0.1, 0.15) is 11.6 Å². The van der Waals surface area contributed by atoms with Crippen LogP contribution in [0, 0.1) is 5.92 Å². The molecule has 2 aliphatic rings. The lowest BCUT2D eigenvalue weighted by atomic mass is 10.0. The SMILES string of the molecule is CCc1cc(N2CCCC(C)C2)nc(C2CC2)n1. The van der Waals surface area contributed by atoms with E-state index in [1.807, 2.05) is 0 Å². The number of aryl methyl sites for hydroxylation is 1. The number of hydrogen-bond donors (Lipinski definition) is 0. The molecule has 0 radical (unpaired) electrons. The molecule has 0 spiro atoms. The summed E-state index contributed by atoms with van der Waals surface area (Å²) in [6.45, 7) is 6.84. The quantitative estimate of drug-likeness (QED) is 0.819. The highest BCUT2D eigenvalue weighted by molar-refractivity contribution is 5.41. The number of nitrogens with zero attached hydrogens (tertiary/aromatic N) is 3. The Bertz CT molecular complexity index is 426. The van der Waals surface area contributed by atoms with Gasteiger partial charge in [-0.15, -0.1) is 0 Å². The molecular formula is C15H23N3. The molecule has 0 bridgehead atoms. The molecule has 0 amide bonds. The Morgan fingerprint density at radius 1 is 1.28 bits per heavy atom. The minimum absolute atomic E-state index is 0.650. The predicted octanol–water partition coefficient (Wildman–Crippen LogP) is 3.15. The molecule has 1 aliphatic carbocycles. The van der Waals surface area contributed by atoms with Gasteiger partial charge in [0.15, 0.2) is 0 Å². The Morgan fingerprint density at radius 2 is 2.11 bits per heavy atom. The van der Waals surface area contributed by atoms with Crippen molar-refractivity contribution < 1.29 is 0 Å². The molecule has 1 aromatic heterocycles. The lowest BCUT2D eigenvalue weighted by Gasteiger charge is -2.32. The zero-order chi connectivity index (χ0) is 12.5. The highest BCUT2D eigenvalue weighted by atomic mass is 15.2. The molecule has 1 atom stereocenters. The molecule has 1 saturated carbocycles. The maximum atomic E-state index is 4.82. The molecule has 0 aromatic carbocycles. The third kappa shape index (κ3) is 2.50. The fourth-order valence-electron chi connectivity index (χ4n) is 2.77. The van der Waals surface area contributed by atoms with E-state index in [9.17, 15) is 0 Å². The van der Waals surface area contributed by atoms with Crippen LogP contribution in [0.2, 0.25) is 0 Å². The Kier molecular flexibility index (Phi) is 3.23. The minimum atomic E-state index is 0.650. The number of hydrogen-bond acceptors (Lipinski definition) is 3. The summed E-state index contributed by atoms with van der Waals surface area (Å²) in [6.07, 6.45) is 6.23. The van der Waals surface area contributed by atoms with Gasteiger partial charge < -0.3 is 4.90 Å². The Labute approximate surface area is 110 Å². The highest BCUT2D eigenvalue weighted by Crippen LogP contribution is 2.38. The average molecular weight is 245 g/mol. The van der Waals surface area contributed by atoms with Gasteiger partial charge in [0.25, 0.3) is 0 Å². The number of rotatable bonds is 3. The van der Waals surface area contributed by atoms with Gasteiger partial charge in [-0.25, -0.2) is 9.97 Å². The van der Waals surface area contributed by atoms with Crippen molar-refractivity contribution in [2.45, 2.75) is 51.9 Å². The van der Waals surface area contributed by atoms with Gasteiger partial charge in [-0.3, -0.25) is 0 Å².